The van der Waals surface area contributed by atoms with Gasteiger partial charge >= 0.3 is 41.8 Å². The van der Waals surface area contributed by atoms with Crippen LogP contribution in [-0.2, 0) is 70.1 Å². The molecule has 0 saturated heterocycles. The maximum absolute atomic E-state index is 13.8. The topological polar surface area (TPSA) is 234 Å². The van der Waals surface area contributed by atoms with Crippen molar-refractivity contribution in [1.82, 2.24) is 4.98 Å². The maximum Gasteiger partial charge on any atom is 0.330 e. The molecule has 93 heavy (non-hydrogen) atoms. The lowest BCUT2D eigenvalue weighted by Gasteiger charge is -2.26. The second-order valence-electron chi connectivity index (χ2n) is 22.9. The number of esters is 7. The van der Waals surface area contributed by atoms with Crippen molar-refractivity contribution in [1.29, 1.82) is 0 Å². The van der Waals surface area contributed by atoms with E-state index in [1.54, 1.807) is 48.5 Å². The van der Waals surface area contributed by atoms with Gasteiger partial charge in [0.05, 0.1) is 82.0 Å². The summed E-state index contributed by atoms with van der Waals surface area (Å²) in [5, 5.41) is 2.04. The van der Waals surface area contributed by atoms with Crippen LogP contribution >= 0.6 is 0 Å². The summed E-state index contributed by atoms with van der Waals surface area (Å²) in [7, 11) is 0. The molecule has 0 radical (unpaired) electrons. The summed E-state index contributed by atoms with van der Waals surface area (Å²) in [5.41, 5.74) is 2.48. The quantitative estimate of drug-likeness (QED) is 0.00880. The fourth-order valence-electron chi connectivity index (χ4n) is 10.9. The van der Waals surface area contributed by atoms with Crippen LogP contribution in [0.2, 0.25) is 0 Å². The van der Waals surface area contributed by atoms with E-state index in [4.69, 9.17) is 57.1 Å². The van der Waals surface area contributed by atoms with E-state index in [0.29, 0.717) is 151 Å². The average Bonchev–Trinajstić information content (AvgIpc) is 0.770. The number of carbonyl (C=O) groups is 7. The molecule has 2 fully saturated rings. The molecule has 0 bridgehead atoms. The van der Waals surface area contributed by atoms with Crippen LogP contribution in [0.4, 0.5) is 0 Å². The molecule has 492 valence electrons. The highest BCUT2D eigenvalue weighted by molar-refractivity contribution is 6.09. The number of fused-ring (bicyclic) bond motifs is 3. The molecule has 8 rings (SSSR count). The van der Waals surface area contributed by atoms with Crippen molar-refractivity contribution in [3.8, 4) is 40.4 Å². The summed E-state index contributed by atoms with van der Waals surface area (Å²) < 4.78 is 62.5. The first kappa shape index (κ1) is 69.4. The van der Waals surface area contributed by atoms with Crippen LogP contribution in [0.3, 0.4) is 0 Å². The Balaban J connectivity index is 0.827. The van der Waals surface area contributed by atoms with Gasteiger partial charge in [-0.15, -0.1) is 0 Å². The Morgan fingerprint density at radius 2 is 0.699 bits per heavy atom. The average molecular weight is 1270 g/mol. The zero-order chi connectivity index (χ0) is 65.6. The van der Waals surface area contributed by atoms with E-state index >= 15 is 0 Å². The van der Waals surface area contributed by atoms with Crippen molar-refractivity contribution in [2.24, 2.45) is 23.7 Å². The lowest BCUT2D eigenvalue weighted by atomic mass is 9.82. The van der Waals surface area contributed by atoms with Crippen molar-refractivity contribution in [2.45, 2.75) is 116 Å². The highest BCUT2D eigenvalue weighted by atomic mass is 16.6. The molecule has 0 atom stereocenters. The third-order valence-corrected chi connectivity index (χ3v) is 16.2. The Bertz CT molecular complexity index is 3470. The zero-order valence-corrected chi connectivity index (χ0v) is 52.7. The van der Waals surface area contributed by atoms with Crippen LogP contribution in [0.25, 0.3) is 21.7 Å². The molecule has 19 heteroatoms. The molecule has 2 saturated carbocycles. The van der Waals surface area contributed by atoms with E-state index in [1.807, 2.05) is 60.7 Å². The molecule has 0 aliphatic heterocycles. The van der Waals surface area contributed by atoms with E-state index < -0.39 is 41.7 Å². The van der Waals surface area contributed by atoms with Crippen LogP contribution in [0.5, 0.6) is 40.4 Å². The molecular weight excluding hydrogens is 1190 g/mol. The van der Waals surface area contributed by atoms with Gasteiger partial charge in [-0.05, 0) is 198 Å². The first-order valence-corrected chi connectivity index (χ1v) is 32.2. The number of hydrogen-bond donors (Lipinski definition) is 0. The summed E-state index contributed by atoms with van der Waals surface area (Å²) in [6.07, 6.45) is 14.5. The van der Waals surface area contributed by atoms with Gasteiger partial charge in [0.25, 0.3) is 0 Å². The predicted molar refractivity (Wildman–Crippen MR) is 347 cm³/mol. The van der Waals surface area contributed by atoms with Crippen LogP contribution in [0.15, 0.2) is 147 Å². The minimum Gasteiger partial charge on any atom is -0.494 e. The summed E-state index contributed by atoms with van der Waals surface area (Å²) in [4.78, 5) is 92.4. The molecule has 0 spiro atoms. The van der Waals surface area contributed by atoms with Crippen molar-refractivity contribution in [2.75, 3.05) is 52.9 Å². The summed E-state index contributed by atoms with van der Waals surface area (Å²) >= 11 is 0. The molecule has 6 aromatic rings. The largest absolute Gasteiger partial charge is 0.494 e. The number of rotatable bonds is 37. The Morgan fingerprint density at radius 3 is 1.13 bits per heavy atom. The minimum absolute atomic E-state index is 0.216. The van der Waals surface area contributed by atoms with Gasteiger partial charge in [-0.1, -0.05) is 44.0 Å². The monoisotopic (exact) mass is 1270 g/mol. The third kappa shape index (κ3) is 22.7. The van der Waals surface area contributed by atoms with E-state index in [2.05, 4.69) is 19.7 Å². The first-order valence-electron chi connectivity index (χ1n) is 32.2. The number of unbranched alkanes of at least 4 members (excludes halogenated alkanes) is 5. The number of ether oxygens (including phenoxy) is 11. The second-order valence-corrected chi connectivity index (χ2v) is 22.9. The Hall–Kier alpha value is -9.52. The van der Waals surface area contributed by atoms with Gasteiger partial charge in [-0.2, -0.15) is 0 Å². The maximum atomic E-state index is 13.8. The van der Waals surface area contributed by atoms with Crippen molar-refractivity contribution in [3.05, 3.63) is 158 Å². The number of benzene rings is 5. The van der Waals surface area contributed by atoms with Crippen LogP contribution in [0, 0.1) is 23.7 Å². The highest BCUT2D eigenvalue weighted by Crippen LogP contribution is 2.39. The number of pyridine rings is 1. The number of carbonyl (C=O) groups excluding carboxylic acids is 7. The number of nitrogens with zero attached hydrogens (tertiary/aromatic N) is 1. The minimum atomic E-state index is -0.440. The zero-order valence-electron chi connectivity index (χ0n) is 52.7. The summed E-state index contributed by atoms with van der Waals surface area (Å²) in [6, 6.07) is 32.9. The SMILES string of the molecule is C=CC(=O)OCCCCCCOc1ccc(Oc2nc3cc(OC(=O)C4CCC(C(=O)OCCc5ccc(OCCCCOC(=O)C=C)cc5)CC4)ccc3c3ccc(OC(=O)C4CCC(C(=O)OCCc5ccc(OCCCCOC(=O)C=C)cc5)CC4)cc23)cc1. The van der Waals surface area contributed by atoms with E-state index in [9.17, 15) is 33.6 Å². The van der Waals surface area contributed by atoms with Crippen LogP contribution in [0.1, 0.15) is 114 Å². The molecule has 0 amide bonds. The fourth-order valence-corrected chi connectivity index (χ4v) is 10.9. The Kier molecular flexibility index (Phi) is 27.7. The Labute approximate surface area is 542 Å². The van der Waals surface area contributed by atoms with E-state index in [-0.39, 0.29) is 42.9 Å². The van der Waals surface area contributed by atoms with Gasteiger partial charge < -0.3 is 52.1 Å². The van der Waals surface area contributed by atoms with E-state index in [1.165, 1.54) is 0 Å². The van der Waals surface area contributed by atoms with Gasteiger partial charge in [0, 0.05) is 47.9 Å². The van der Waals surface area contributed by atoms with Gasteiger partial charge in [-0.3, -0.25) is 19.2 Å². The molecule has 1 heterocycles. The Morgan fingerprint density at radius 1 is 0.355 bits per heavy atom. The van der Waals surface area contributed by atoms with Crippen LogP contribution < -0.4 is 28.4 Å². The van der Waals surface area contributed by atoms with Crippen LogP contribution in [-0.4, -0.2) is 99.6 Å². The second kappa shape index (κ2) is 37.1. The standard InChI is InChI=1S/C74H83NO18/c1-4-67(76)86-44-10-8-7-9-41-83-59-31-33-60(34-32-59)91-70-65-49-61(92-73(81)55-23-19-53(20-24-55)71(79)89-47-39-51-15-27-57(28-16-51)84-42-11-13-45-87-68(77)5-2)35-37-63(65)64-38-36-62(50-66(64)75-70)93-74(82)56-25-21-54(22-26-56)72(80)90-48-40-52-17-29-58(30-18-52)85-43-12-14-46-88-69(78)6-3/h4-6,15-18,27-38,49-50,53-56H,1-3,7-14,19-26,39-48H2. The van der Waals surface area contributed by atoms with Gasteiger partial charge in [0.1, 0.15) is 34.5 Å². The molecule has 1 aromatic heterocycles. The molecule has 5 aromatic carbocycles. The molecule has 19 nitrogen and oxygen atoms in total. The predicted octanol–water partition coefficient (Wildman–Crippen LogP) is 13.6. The number of hydrogen-bond acceptors (Lipinski definition) is 19. The lowest BCUT2D eigenvalue weighted by molar-refractivity contribution is -0.152. The van der Waals surface area contributed by atoms with Gasteiger partial charge in [0.2, 0.25) is 5.88 Å². The first-order chi connectivity index (χ1) is 45.3. The molecule has 2 aliphatic carbocycles. The molecule has 0 unspecified atom stereocenters. The van der Waals surface area contributed by atoms with Gasteiger partial charge in [0.15, 0.2) is 0 Å². The lowest BCUT2D eigenvalue weighted by Crippen LogP contribution is -2.29. The van der Waals surface area contributed by atoms with Gasteiger partial charge in [-0.25, -0.2) is 19.4 Å². The summed E-state index contributed by atoms with van der Waals surface area (Å²) in [5.74, 6) is -0.779. The molecule has 0 N–H and O–H groups in total. The van der Waals surface area contributed by atoms with E-state index in [0.717, 1.165) is 90.2 Å². The molecular formula is C74H83NO18. The fraction of sp³-hybridized carbons (Fsp3) is 0.405. The summed E-state index contributed by atoms with van der Waals surface area (Å²) in [6.45, 7) is 13.1. The number of aromatic nitrogens is 1. The third-order valence-electron chi connectivity index (χ3n) is 16.2. The van der Waals surface area contributed by atoms with Crippen molar-refractivity contribution >= 4 is 63.5 Å². The normalized spacial score (nSPS) is 16.0. The van der Waals surface area contributed by atoms with Crippen molar-refractivity contribution in [3.63, 3.8) is 0 Å². The highest BCUT2D eigenvalue weighted by Gasteiger charge is 2.34. The molecule has 2 aliphatic rings. The smallest absolute Gasteiger partial charge is 0.330 e. The van der Waals surface area contributed by atoms with Crippen molar-refractivity contribution < 1.29 is 85.7 Å².